The molecule has 1 N–H and O–H groups in total. The average molecular weight is 297 g/mol. The van der Waals surface area contributed by atoms with Crippen molar-refractivity contribution < 1.29 is 4.79 Å². The summed E-state index contributed by atoms with van der Waals surface area (Å²) in [5.74, 6) is -0.0837. The van der Waals surface area contributed by atoms with Crippen LogP contribution in [0.25, 0.3) is 0 Å². The standard InChI is InChI=1S/C14H17ClN2OS/c15-11-4-3-9(19)8-10(11)14(18)16-12-5-7-17-6-1-2-13(12)17/h3-4,8,12-13,19H,1-2,5-7H2,(H,16,18). The molecule has 2 saturated heterocycles. The lowest BCUT2D eigenvalue weighted by molar-refractivity contribution is 0.0929. The Bertz CT molecular complexity index is 508. The van der Waals surface area contributed by atoms with Crippen molar-refractivity contribution in [1.82, 2.24) is 10.2 Å². The second-order valence-corrected chi connectivity index (χ2v) is 6.20. The Hall–Kier alpha value is -0.710. The molecule has 0 radical (unpaired) electrons. The number of carbonyl (C=O) groups excluding carboxylic acids is 1. The molecule has 2 atom stereocenters. The molecule has 1 aromatic rings. The first kappa shape index (κ1) is 13.3. The van der Waals surface area contributed by atoms with Crippen molar-refractivity contribution in [3.63, 3.8) is 0 Å². The number of hydrogen-bond acceptors (Lipinski definition) is 3. The smallest absolute Gasteiger partial charge is 0.253 e. The molecule has 5 heteroatoms. The molecule has 3 rings (SSSR count). The monoisotopic (exact) mass is 296 g/mol. The minimum absolute atomic E-state index is 0.0837. The number of thiol groups is 1. The van der Waals surface area contributed by atoms with Crippen molar-refractivity contribution in [2.45, 2.75) is 36.2 Å². The summed E-state index contributed by atoms with van der Waals surface area (Å²) in [6.45, 7) is 2.26. The van der Waals surface area contributed by atoms with Gasteiger partial charge >= 0.3 is 0 Å². The summed E-state index contributed by atoms with van der Waals surface area (Å²) in [4.78, 5) is 15.5. The lowest BCUT2D eigenvalue weighted by Crippen LogP contribution is -2.42. The van der Waals surface area contributed by atoms with E-state index in [1.165, 1.54) is 19.4 Å². The highest BCUT2D eigenvalue weighted by atomic mass is 35.5. The fraction of sp³-hybridized carbons (Fsp3) is 0.500. The summed E-state index contributed by atoms with van der Waals surface area (Å²) < 4.78 is 0. The second kappa shape index (κ2) is 5.35. The maximum atomic E-state index is 12.3. The maximum Gasteiger partial charge on any atom is 0.253 e. The van der Waals surface area contributed by atoms with Crippen molar-refractivity contribution in [2.24, 2.45) is 0 Å². The Balaban J connectivity index is 1.73. The van der Waals surface area contributed by atoms with Gasteiger partial charge in [0.1, 0.15) is 0 Å². The van der Waals surface area contributed by atoms with E-state index >= 15 is 0 Å². The lowest BCUT2D eigenvalue weighted by Gasteiger charge is -2.21. The van der Waals surface area contributed by atoms with E-state index in [1.807, 2.05) is 0 Å². The number of nitrogens with zero attached hydrogens (tertiary/aromatic N) is 1. The summed E-state index contributed by atoms with van der Waals surface area (Å²) >= 11 is 10.3. The Morgan fingerprint density at radius 3 is 3.05 bits per heavy atom. The highest BCUT2D eigenvalue weighted by molar-refractivity contribution is 7.80. The molecule has 2 unspecified atom stereocenters. The SMILES string of the molecule is O=C(NC1CCN2CCCC12)c1cc(S)ccc1Cl. The van der Waals surface area contributed by atoms with Crippen LogP contribution in [0.1, 0.15) is 29.6 Å². The molecule has 0 spiro atoms. The van der Waals surface area contributed by atoms with E-state index in [4.69, 9.17) is 11.6 Å². The summed E-state index contributed by atoms with van der Waals surface area (Å²) in [7, 11) is 0. The van der Waals surface area contributed by atoms with Crippen molar-refractivity contribution in [3.8, 4) is 0 Å². The fourth-order valence-corrected chi connectivity index (χ4v) is 3.59. The van der Waals surface area contributed by atoms with E-state index in [9.17, 15) is 4.79 Å². The highest BCUT2D eigenvalue weighted by Gasteiger charge is 2.37. The third-order valence-corrected chi connectivity index (χ3v) is 4.72. The van der Waals surface area contributed by atoms with E-state index in [2.05, 4.69) is 22.8 Å². The summed E-state index contributed by atoms with van der Waals surface area (Å²) in [6.07, 6.45) is 3.46. The molecule has 19 heavy (non-hydrogen) atoms. The molecule has 102 valence electrons. The molecule has 2 heterocycles. The van der Waals surface area contributed by atoms with Crippen LogP contribution in [-0.2, 0) is 0 Å². The Labute approximate surface area is 123 Å². The van der Waals surface area contributed by atoms with Crippen LogP contribution in [0.3, 0.4) is 0 Å². The first-order valence-electron chi connectivity index (χ1n) is 6.68. The molecule has 2 fully saturated rings. The van der Waals surface area contributed by atoms with E-state index in [0.717, 1.165) is 17.9 Å². The van der Waals surface area contributed by atoms with Crippen molar-refractivity contribution in [3.05, 3.63) is 28.8 Å². The zero-order valence-electron chi connectivity index (χ0n) is 10.6. The van der Waals surface area contributed by atoms with Gasteiger partial charge in [0.15, 0.2) is 0 Å². The molecule has 2 aliphatic heterocycles. The topological polar surface area (TPSA) is 32.3 Å². The predicted octanol–water partition coefficient (Wildman–Crippen LogP) is 2.60. The number of hydrogen-bond donors (Lipinski definition) is 2. The largest absolute Gasteiger partial charge is 0.348 e. The minimum Gasteiger partial charge on any atom is -0.348 e. The van der Waals surface area contributed by atoms with Gasteiger partial charge in [-0.25, -0.2) is 0 Å². The molecule has 3 nitrogen and oxygen atoms in total. The van der Waals surface area contributed by atoms with E-state index in [0.29, 0.717) is 16.6 Å². The van der Waals surface area contributed by atoms with Crippen LogP contribution in [-0.4, -0.2) is 36.0 Å². The number of fused-ring (bicyclic) bond motifs is 1. The van der Waals surface area contributed by atoms with Crippen LogP contribution in [0.5, 0.6) is 0 Å². The van der Waals surface area contributed by atoms with E-state index in [-0.39, 0.29) is 11.9 Å². The molecule has 0 aromatic heterocycles. The van der Waals surface area contributed by atoms with Crippen molar-refractivity contribution >= 4 is 30.1 Å². The van der Waals surface area contributed by atoms with Gasteiger partial charge in [-0.3, -0.25) is 9.69 Å². The van der Waals surface area contributed by atoms with E-state index < -0.39 is 0 Å². The number of halogens is 1. The Morgan fingerprint density at radius 2 is 2.21 bits per heavy atom. The quantitative estimate of drug-likeness (QED) is 0.822. The van der Waals surface area contributed by atoms with Gasteiger partial charge in [0, 0.05) is 23.5 Å². The number of benzene rings is 1. The molecule has 0 saturated carbocycles. The van der Waals surface area contributed by atoms with Gasteiger partial charge in [-0.15, -0.1) is 12.6 Å². The van der Waals surface area contributed by atoms with Crippen LogP contribution >= 0.6 is 24.2 Å². The fourth-order valence-electron chi connectivity index (χ4n) is 3.18. The molecule has 2 aliphatic rings. The first-order chi connectivity index (χ1) is 9.15. The predicted molar refractivity (Wildman–Crippen MR) is 79.2 cm³/mol. The summed E-state index contributed by atoms with van der Waals surface area (Å²) in [5.41, 5.74) is 0.519. The van der Waals surface area contributed by atoms with E-state index in [1.54, 1.807) is 18.2 Å². The normalized spacial score (nSPS) is 26.4. The van der Waals surface area contributed by atoms with Crippen LogP contribution in [0.2, 0.25) is 5.02 Å². The maximum absolute atomic E-state index is 12.3. The number of amides is 1. The van der Waals surface area contributed by atoms with Gasteiger partial charge in [0.05, 0.1) is 10.6 Å². The van der Waals surface area contributed by atoms with Gasteiger partial charge in [0.25, 0.3) is 5.91 Å². The van der Waals surface area contributed by atoms with Gasteiger partial charge in [0.2, 0.25) is 0 Å². The van der Waals surface area contributed by atoms with Crippen LogP contribution in [0, 0.1) is 0 Å². The van der Waals surface area contributed by atoms with Crippen LogP contribution in [0.4, 0.5) is 0 Å². The average Bonchev–Trinajstić information content (AvgIpc) is 2.97. The minimum atomic E-state index is -0.0837. The Kier molecular flexibility index (Phi) is 3.74. The molecular weight excluding hydrogens is 280 g/mol. The Morgan fingerprint density at radius 1 is 1.37 bits per heavy atom. The second-order valence-electron chi connectivity index (χ2n) is 5.28. The summed E-state index contributed by atoms with van der Waals surface area (Å²) in [6, 6.07) is 6.00. The van der Waals surface area contributed by atoms with Gasteiger partial charge in [-0.05, 0) is 44.0 Å². The number of carbonyl (C=O) groups is 1. The van der Waals surface area contributed by atoms with Gasteiger partial charge < -0.3 is 5.32 Å². The van der Waals surface area contributed by atoms with Crippen LogP contribution in [0.15, 0.2) is 23.1 Å². The lowest BCUT2D eigenvalue weighted by atomic mass is 10.1. The molecule has 0 bridgehead atoms. The number of rotatable bonds is 2. The van der Waals surface area contributed by atoms with Gasteiger partial charge in [-0.2, -0.15) is 0 Å². The molecule has 0 aliphatic carbocycles. The van der Waals surface area contributed by atoms with Gasteiger partial charge in [-0.1, -0.05) is 11.6 Å². The zero-order chi connectivity index (χ0) is 13.4. The third kappa shape index (κ3) is 2.62. The first-order valence-corrected chi connectivity index (χ1v) is 7.51. The highest BCUT2D eigenvalue weighted by Crippen LogP contribution is 2.28. The number of nitrogens with one attached hydrogen (secondary N) is 1. The van der Waals surface area contributed by atoms with Crippen LogP contribution < -0.4 is 5.32 Å². The zero-order valence-corrected chi connectivity index (χ0v) is 12.3. The summed E-state index contributed by atoms with van der Waals surface area (Å²) in [5, 5.41) is 3.62. The molecule has 1 aromatic carbocycles. The molecular formula is C14H17ClN2OS. The molecule has 1 amide bonds. The van der Waals surface area contributed by atoms with Crippen molar-refractivity contribution in [1.29, 1.82) is 0 Å². The third-order valence-electron chi connectivity index (χ3n) is 4.12. The van der Waals surface area contributed by atoms with Crippen molar-refractivity contribution in [2.75, 3.05) is 13.1 Å².